The summed E-state index contributed by atoms with van der Waals surface area (Å²) in [5, 5.41) is 3.58. The van der Waals surface area contributed by atoms with Crippen LogP contribution in [-0.2, 0) is 6.54 Å². The highest BCUT2D eigenvalue weighted by Gasteiger charge is 2.00. The van der Waals surface area contributed by atoms with Gasteiger partial charge in [-0.05, 0) is 12.1 Å². The molecule has 15 heavy (non-hydrogen) atoms. The van der Waals surface area contributed by atoms with Crippen LogP contribution in [-0.4, -0.2) is 22.6 Å². The molecule has 0 spiro atoms. The first kappa shape index (κ1) is 11.9. The molecule has 1 aromatic rings. The summed E-state index contributed by atoms with van der Waals surface area (Å²) < 4.78 is 1.45. The summed E-state index contributed by atoms with van der Waals surface area (Å²) in [5.74, 6) is 0. The fourth-order valence-corrected chi connectivity index (χ4v) is 1.31. The van der Waals surface area contributed by atoms with Crippen LogP contribution in [0.2, 0.25) is 5.02 Å². The predicted molar refractivity (Wildman–Crippen MR) is 61.2 cm³/mol. The van der Waals surface area contributed by atoms with Crippen LogP contribution < -0.4 is 11.0 Å². The van der Waals surface area contributed by atoms with Crippen molar-refractivity contribution in [3.05, 3.63) is 40.1 Å². The second kappa shape index (κ2) is 5.68. The van der Waals surface area contributed by atoms with E-state index in [2.05, 4.69) is 16.9 Å². The van der Waals surface area contributed by atoms with Gasteiger partial charge in [0, 0.05) is 19.3 Å². The van der Waals surface area contributed by atoms with Gasteiger partial charge in [0.25, 0.3) is 0 Å². The van der Waals surface area contributed by atoms with Gasteiger partial charge in [0.05, 0.1) is 11.2 Å². The van der Waals surface area contributed by atoms with Gasteiger partial charge < -0.3 is 5.32 Å². The van der Waals surface area contributed by atoms with Crippen molar-refractivity contribution in [2.45, 2.75) is 13.5 Å². The van der Waals surface area contributed by atoms with Gasteiger partial charge in [0.1, 0.15) is 0 Å². The van der Waals surface area contributed by atoms with Gasteiger partial charge in [-0.1, -0.05) is 25.1 Å². The fourth-order valence-electron chi connectivity index (χ4n) is 1.14. The Labute approximate surface area is 93.6 Å². The van der Waals surface area contributed by atoms with Crippen molar-refractivity contribution in [2.24, 2.45) is 0 Å². The van der Waals surface area contributed by atoms with Crippen LogP contribution in [0.5, 0.6) is 0 Å². The Morgan fingerprint density at radius 3 is 3.13 bits per heavy atom. The van der Waals surface area contributed by atoms with E-state index >= 15 is 0 Å². The zero-order valence-electron chi connectivity index (χ0n) is 8.66. The van der Waals surface area contributed by atoms with Crippen molar-refractivity contribution in [1.82, 2.24) is 14.9 Å². The highest BCUT2D eigenvalue weighted by molar-refractivity contribution is 6.30. The van der Waals surface area contributed by atoms with E-state index in [1.165, 1.54) is 10.8 Å². The average molecular weight is 228 g/mol. The predicted octanol–water partition coefficient (Wildman–Crippen LogP) is 1.06. The van der Waals surface area contributed by atoms with Crippen LogP contribution >= 0.6 is 11.6 Å². The normalized spacial score (nSPS) is 10.3. The molecule has 1 heterocycles. The lowest BCUT2D eigenvalue weighted by Gasteiger charge is -2.08. The number of halogens is 1. The van der Waals surface area contributed by atoms with Crippen LogP contribution in [0.25, 0.3) is 0 Å². The molecule has 1 rings (SSSR count). The monoisotopic (exact) mass is 227 g/mol. The Kier molecular flexibility index (Phi) is 4.52. The second-order valence-electron chi connectivity index (χ2n) is 3.21. The summed E-state index contributed by atoms with van der Waals surface area (Å²) in [6, 6.07) is 0. The number of nitrogens with one attached hydrogen (secondary N) is 1. The van der Waals surface area contributed by atoms with Crippen molar-refractivity contribution >= 4 is 11.6 Å². The van der Waals surface area contributed by atoms with Crippen molar-refractivity contribution in [3.63, 3.8) is 0 Å². The SMILES string of the molecule is C=C(CNCC)Cn1cc(Cl)cnc1=O. The molecule has 0 saturated carbocycles. The largest absolute Gasteiger partial charge is 0.347 e. The minimum atomic E-state index is -0.308. The van der Waals surface area contributed by atoms with E-state index in [-0.39, 0.29) is 5.69 Å². The van der Waals surface area contributed by atoms with Crippen molar-refractivity contribution in [3.8, 4) is 0 Å². The van der Waals surface area contributed by atoms with Crippen molar-refractivity contribution in [1.29, 1.82) is 0 Å². The molecule has 0 radical (unpaired) electrons. The average Bonchev–Trinajstić information content (AvgIpc) is 2.20. The molecule has 4 nitrogen and oxygen atoms in total. The zero-order valence-corrected chi connectivity index (χ0v) is 9.42. The fraction of sp³-hybridized carbons (Fsp3) is 0.400. The molecule has 0 aromatic carbocycles. The van der Waals surface area contributed by atoms with E-state index in [0.717, 1.165) is 12.1 Å². The van der Waals surface area contributed by atoms with Crippen LogP contribution in [0, 0.1) is 0 Å². The van der Waals surface area contributed by atoms with E-state index in [1.54, 1.807) is 6.20 Å². The molecule has 0 aliphatic heterocycles. The van der Waals surface area contributed by atoms with Crippen molar-refractivity contribution in [2.75, 3.05) is 13.1 Å². The maximum Gasteiger partial charge on any atom is 0.347 e. The molecular weight excluding hydrogens is 214 g/mol. The summed E-state index contributed by atoms with van der Waals surface area (Å²) in [4.78, 5) is 14.9. The minimum absolute atomic E-state index is 0.308. The minimum Gasteiger partial charge on any atom is -0.313 e. The van der Waals surface area contributed by atoms with Gasteiger partial charge in [-0.15, -0.1) is 0 Å². The lowest BCUT2D eigenvalue weighted by molar-refractivity contribution is 0.672. The third kappa shape index (κ3) is 3.85. The van der Waals surface area contributed by atoms with Gasteiger partial charge in [-0.2, -0.15) is 0 Å². The van der Waals surface area contributed by atoms with Crippen LogP contribution in [0.3, 0.4) is 0 Å². The third-order valence-electron chi connectivity index (χ3n) is 1.84. The van der Waals surface area contributed by atoms with E-state index in [9.17, 15) is 4.79 Å². The molecule has 1 N–H and O–H groups in total. The standard InChI is InChI=1S/C10H14ClN3O/c1-3-12-4-8(2)6-14-7-9(11)5-13-10(14)15/h5,7,12H,2-4,6H2,1H3. The Balaban J connectivity index is 2.68. The topological polar surface area (TPSA) is 46.9 Å². The molecule has 0 amide bonds. The number of hydrogen-bond acceptors (Lipinski definition) is 3. The van der Waals surface area contributed by atoms with Crippen LogP contribution in [0.1, 0.15) is 6.92 Å². The van der Waals surface area contributed by atoms with Gasteiger partial charge in [0.15, 0.2) is 0 Å². The Hall–Kier alpha value is -1.13. The summed E-state index contributed by atoms with van der Waals surface area (Å²) in [5.41, 5.74) is 0.611. The number of likely N-dealkylation sites (N-methyl/N-ethyl adjacent to an activating group) is 1. The molecule has 0 atom stereocenters. The lowest BCUT2D eigenvalue weighted by Crippen LogP contribution is -2.25. The summed E-state index contributed by atoms with van der Waals surface area (Å²) in [6.45, 7) is 7.89. The van der Waals surface area contributed by atoms with E-state index in [0.29, 0.717) is 18.1 Å². The first-order valence-electron chi connectivity index (χ1n) is 4.73. The molecule has 1 aromatic heterocycles. The second-order valence-corrected chi connectivity index (χ2v) is 3.65. The smallest absolute Gasteiger partial charge is 0.313 e. The van der Waals surface area contributed by atoms with Gasteiger partial charge >= 0.3 is 5.69 Å². The number of nitrogens with zero attached hydrogens (tertiary/aromatic N) is 2. The maximum atomic E-state index is 11.3. The Morgan fingerprint density at radius 2 is 2.47 bits per heavy atom. The molecule has 82 valence electrons. The number of hydrogen-bond donors (Lipinski definition) is 1. The van der Waals surface area contributed by atoms with Crippen molar-refractivity contribution < 1.29 is 0 Å². The van der Waals surface area contributed by atoms with Crippen LogP contribution in [0.4, 0.5) is 0 Å². The lowest BCUT2D eigenvalue weighted by atomic mass is 10.3. The molecule has 0 fully saturated rings. The number of rotatable bonds is 5. The molecule has 0 unspecified atom stereocenters. The number of aromatic nitrogens is 2. The quantitative estimate of drug-likeness (QED) is 0.766. The van der Waals surface area contributed by atoms with E-state index in [1.807, 2.05) is 6.92 Å². The summed E-state index contributed by atoms with van der Waals surface area (Å²) in [7, 11) is 0. The molecule has 5 heteroatoms. The van der Waals surface area contributed by atoms with E-state index < -0.39 is 0 Å². The molecule has 0 aliphatic carbocycles. The maximum absolute atomic E-state index is 11.3. The Bertz CT molecular complexity index is 400. The third-order valence-corrected chi connectivity index (χ3v) is 2.04. The summed E-state index contributed by atoms with van der Waals surface area (Å²) >= 11 is 5.74. The summed E-state index contributed by atoms with van der Waals surface area (Å²) in [6.07, 6.45) is 2.90. The first-order chi connectivity index (χ1) is 7.13. The van der Waals surface area contributed by atoms with E-state index in [4.69, 9.17) is 11.6 Å². The van der Waals surface area contributed by atoms with Gasteiger partial charge in [0.2, 0.25) is 0 Å². The first-order valence-corrected chi connectivity index (χ1v) is 5.10. The highest BCUT2D eigenvalue weighted by atomic mass is 35.5. The zero-order chi connectivity index (χ0) is 11.3. The molecule has 0 saturated heterocycles. The Morgan fingerprint density at radius 1 is 1.73 bits per heavy atom. The molecule has 0 aliphatic rings. The van der Waals surface area contributed by atoms with Gasteiger partial charge in [-0.3, -0.25) is 4.57 Å². The van der Waals surface area contributed by atoms with Gasteiger partial charge in [-0.25, -0.2) is 9.78 Å². The molecular formula is C10H14ClN3O. The van der Waals surface area contributed by atoms with Crippen LogP contribution in [0.15, 0.2) is 29.3 Å². The highest BCUT2D eigenvalue weighted by Crippen LogP contribution is 2.02. The molecule has 0 bridgehead atoms.